The number of hydrogen-bond acceptors (Lipinski definition) is 7. The van der Waals surface area contributed by atoms with Crippen molar-refractivity contribution in [3.05, 3.63) is 57.6 Å². The number of benzene rings is 2. The van der Waals surface area contributed by atoms with Crippen molar-refractivity contribution in [2.75, 3.05) is 13.2 Å². The van der Waals surface area contributed by atoms with Crippen molar-refractivity contribution in [2.45, 2.75) is 356 Å². The Labute approximate surface area is 505 Å². The molecule has 482 valence electrons. The summed E-state index contributed by atoms with van der Waals surface area (Å²) in [6.07, 6.45) is 40.6. The third-order valence-electron chi connectivity index (χ3n) is 16.2. The average molecular weight is 1200 g/mol. The van der Waals surface area contributed by atoms with Gasteiger partial charge in [0.25, 0.3) is 0 Å². The molecule has 7 nitrogen and oxygen atoms in total. The molecule has 2 aromatic carbocycles. The SMILES string of the molecule is CCCCCCCCCCCCCCCCCCOC(=O)CCc1cc(C(C)(C)C)c(OP(O)(F)(Oc2c(C(C)(C)C)cc(CCC(=O)OCCCCCCCCCCCCCCCCCC)cc2C(C)(C)C)C(F)(F)F)c(C(C)(C)C)c1. The molecule has 0 aliphatic heterocycles. The maximum atomic E-state index is 18.0. The van der Waals surface area contributed by atoms with E-state index in [4.69, 9.17) is 18.5 Å². The van der Waals surface area contributed by atoms with Gasteiger partial charge in [-0.15, -0.1) is 0 Å². The third kappa shape index (κ3) is 30.0. The maximum absolute atomic E-state index is 18.0. The van der Waals surface area contributed by atoms with Crippen LogP contribution in [0, 0.1) is 0 Å². The zero-order valence-corrected chi connectivity index (χ0v) is 56.4. The number of hydrogen-bond donors (Lipinski definition) is 1. The Bertz CT molecular complexity index is 1910. The van der Waals surface area contributed by atoms with Gasteiger partial charge in [-0.3, -0.25) is 0 Å². The number of alkyl halides is 3. The predicted octanol–water partition coefficient (Wildman–Crippen LogP) is 23.5. The van der Waals surface area contributed by atoms with E-state index in [1.54, 1.807) is 107 Å². The van der Waals surface area contributed by atoms with Gasteiger partial charge in [0.15, 0.2) is 0 Å². The summed E-state index contributed by atoms with van der Waals surface area (Å²) < 4.78 is 88.2. The number of carbonyl (C=O) groups is 2. The van der Waals surface area contributed by atoms with Gasteiger partial charge in [0.05, 0.1) is 0 Å². The van der Waals surface area contributed by atoms with Crippen LogP contribution in [0.3, 0.4) is 0 Å². The summed E-state index contributed by atoms with van der Waals surface area (Å²) in [6, 6.07) is 6.57. The number of aryl methyl sites for hydroxylation is 2. The summed E-state index contributed by atoms with van der Waals surface area (Å²) in [4.78, 5) is 38.1. The van der Waals surface area contributed by atoms with E-state index in [-0.39, 0.29) is 59.9 Å². The summed E-state index contributed by atoms with van der Waals surface area (Å²) in [5, 5.41) is 0. The second-order valence-corrected chi connectivity index (χ2v) is 31.1. The fourth-order valence-corrected chi connectivity index (χ4v) is 12.1. The van der Waals surface area contributed by atoms with E-state index in [0.717, 1.165) is 38.5 Å². The van der Waals surface area contributed by atoms with E-state index in [1.807, 2.05) is 0 Å². The molecule has 0 spiro atoms. The Morgan fingerprint density at radius 3 is 0.783 bits per heavy atom. The van der Waals surface area contributed by atoms with Crippen molar-refractivity contribution in [1.29, 1.82) is 0 Å². The van der Waals surface area contributed by atoms with E-state index in [2.05, 4.69) is 13.8 Å². The quantitative estimate of drug-likeness (QED) is 0.0306. The minimum absolute atomic E-state index is 0.0441. The molecule has 0 saturated heterocycles. The van der Waals surface area contributed by atoms with Crippen molar-refractivity contribution < 1.29 is 50.4 Å². The number of carbonyl (C=O) groups excluding carboxylic acids is 2. The van der Waals surface area contributed by atoms with Gasteiger partial charge in [0.2, 0.25) is 0 Å². The fraction of sp³-hybridized carbons (Fsp3) is 0.803. The van der Waals surface area contributed by atoms with Crippen LogP contribution in [0.1, 0.15) is 349 Å². The standard InChI is InChI=1S/C71H123F4O7P/c1-15-17-19-21-23-25-27-29-31-33-35-37-39-41-43-45-51-79-63(76)49-47-57-53-59(67(3,4)5)65(60(54-57)68(6,7)8)81-83(75,78,71(72,73)74)82-66-61(69(9,10)11)55-58(56-62(66)70(12,13)14)48-50-64(77)80-52-46-44-42-40-38-36-34-32-30-28-26-24-22-20-18-16-2/h53-56,78H,15-52H2,1-14H3. The van der Waals surface area contributed by atoms with Crippen molar-refractivity contribution in [2.24, 2.45) is 0 Å². The first-order valence-corrected chi connectivity index (χ1v) is 35.4. The molecule has 2 rings (SSSR count). The molecule has 0 atom stereocenters. The average Bonchev–Trinajstić information content (AvgIpc) is 1.83. The van der Waals surface area contributed by atoms with Crippen molar-refractivity contribution in [3.8, 4) is 11.5 Å². The summed E-state index contributed by atoms with van der Waals surface area (Å²) in [5.74, 6) is -7.67. The molecule has 12 heteroatoms. The van der Waals surface area contributed by atoms with E-state index < -0.39 is 46.7 Å². The number of esters is 2. The molecule has 0 radical (unpaired) electrons. The normalized spacial score (nSPS) is 13.3. The number of ether oxygens (including phenoxy) is 2. The van der Waals surface area contributed by atoms with Gasteiger partial charge in [0, 0.05) is 0 Å². The van der Waals surface area contributed by atoms with Crippen LogP contribution in [0.15, 0.2) is 24.3 Å². The van der Waals surface area contributed by atoms with Crippen LogP contribution < -0.4 is 9.05 Å². The predicted molar refractivity (Wildman–Crippen MR) is 343 cm³/mol. The molecule has 2 aromatic rings. The second kappa shape index (κ2) is 37.7. The van der Waals surface area contributed by atoms with Crippen molar-refractivity contribution in [3.63, 3.8) is 0 Å². The third-order valence-corrected chi connectivity index (χ3v) is 18.0. The molecule has 1 N–H and O–H groups in total. The van der Waals surface area contributed by atoms with Crippen LogP contribution in [-0.4, -0.2) is 36.0 Å². The monoisotopic (exact) mass is 1190 g/mol. The molecular formula is C71H123F4O7P. The van der Waals surface area contributed by atoms with Crippen molar-refractivity contribution in [1.82, 2.24) is 0 Å². The van der Waals surface area contributed by atoms with Gasteiger partial charge in [-0.05, 0) is 0 Å². The molecule has 0 aliphatic carbocycles. The summed E-state index contributed by atoms with van der Waals surface area (Å²) in [7, 11) is -8.24. The van der Waals surface area contributed by atoms with Crippen LogP contribution in [-0.2, 0) is 53.6 Å². The van der Waals surface area contributed by atoms with Gasteiger partial charge >= 0.3 is 314 Å². The van der Waals surface area contributed by atoms with Gasteiger partial charge in [0.1, 0.15) is 0 Å². The van der Waals surface area contributed by atoms with Gasteiger partial charge in [-0.25, -0.2) is 0 Å². The first kappa shape index (κ1) is 76.2. The first-order chi connectivity index (χ1) is 38.8. The Kier molecular flexibility index (Phi) is 34.6. The van der Waals surface area contributed by atoms with E-state index >= 15 is 17.4 Å². The first-order valence-electron chi connectivity index (χ1n) is 33.5. The Morgan fingerprint density at radius 2 is 0.590 bits per heavy atom. The molecule has 0 saturated carbocycles. The van der Waals surface area contributed by atoms with E-state index in [9.17, 15) is 14.5 Å². The van der Waals surface area contributed by atoms with Crippen LogP contribution in [0.25, 0.3) is 0 Å². The van der Waals surface area contributed by atoms with Crippen LogP contribution in [0.4, 0.5) is 17.4 Å². The molecule has 0 fully saturated rings. The minimum atomic E-state index is -8.24. The zero-order valence-electron chi connectivity index (χ0n) is 55.5. The number of unbranched alkanes of at least 4 members (excludes halogenated alkanes) is 30. The van der Waals surface area contributed by atoms with E-state index in [1.165, 1.54) is 167 Å². The molecular weight excluding hydrogens is 1070 g/mol. The van der Waals surface area contributed by atoms with Gasteiger partial charge in [-0.1, -0.05) is 194 Å². The van der Waals surface area contributed by atoms with Gasteiger partial charge < -0.3 is 0 Å². The molecule has 0 unspecified atom stereocenters. The molecule has 83 heavy (non-hydrogen) atoms. The van der Waals surface area contributed by atoms with Gasteiger partial charge in [-0.2, -0.15) is 0 Å². The van der Waals surface area contributed by atoms with Crippen LogP contribution in [0.2, 0.25) is 0 Å². The Morgan fingerprint density at radius 1 is 0.386 bits per heavy atom. The molecule has 0 aromatic heterocycles. The summed E-state index contributed by atoms with van der Waals surface area (Å²) in [5.41, 5.74) is -1.51. The molecule has 0 bridgehead atoms. The van der Waals surface area contributed by atoms with Crippen LogP contribution >= 0.6 is 7.59 Å². The molecule has 0 amide bonds. The Hall–Kier alpha value is -2.91. The molecule has 0 heterocycles. The Balaban J connectivity index is 2.16. The summed E-state index contributed by atoms with van der Waals surface area (Å²) in [6.45, 7) is 26.5. The van der Waals surface area contributed by atoms with E-state index in [0.29, 0.717) is 24.3 Å². The number of halogens is 4. The van der Waals surface area contributed by atoms with Crippen molar-refractivity contribution >= 4 is 19.5 Å². The van der Waals surface area contributed by atoms with Crippen LogP contribution in [0.5, 0.6) is 11.5 Å². The number of rotatable bonds is 44. The molecule has 0 aliphatic rings. The fourth-order valence-electron chi connectivity index (χ4n) is 10.8. The zero-order chi connectivity index (χ0) is 62.2. The summed E-state index contributed by atoms with van der Waals surface area (Å²) >= 11 is 0. The second-order valence-electron chi connectivity index (χ2n) is 28.6. The topological polar surface area (TPSA) is 91.3 Å².